The van der Waals surface area contributed by atoms with Gasteiger partial charge in [0.25, 0.3) is 0 Å². The van der Waals surface area contributed by atoms with Crippen molar-refractivity contribution in [2.45, 2.75) is 51.8 Å². The van der Waals surface area contributed by atoms with Crippen LogP contribution in [0.5, 0.6) is 23.0 Å². The second-order valence-electron chi connectivity index (χ2n) is 12.7. The van der Waals surface area contributed by atoms with E-state index in [0.29, 0.717) is 31.2 Å². The number of methoxy groups -OCH3 is 2. The second-order valence-corrected chi connectivity index (χ2v) is 13.5. The third kappa shape index (κ3) is 7.36. The van der Waals surface area contributed by atoms with Gasteiger partial charge in [0.15, 0.2) is 0 Å². The molecule has 1 amide bonds. The summed E-state index contributed by atoms with van der Waals surface area (Å²) < 4.78 is 25.7. The molecule has 0 bridgehead atoms. The molecule has 10 nitrogen and oxygen atoms in total. The Morgan fingerprint density at radius 1 is 0.979 bits per heavy atom. The second kappa shape index (κ2) is 14.1. The number of hydrogen-bond donors (Lipinski definition) is 1. The van der Waals surface area contributed by atoms with Gasteiger partial charge in [0.05, 0.1) is 35.6 Å². The van der Waals surface area contributed by atoms with E-state index in [-0.39, 0.29) is 12.1 Å². The summed E-state index contributed by atoms with van der Waals surface area (Å²) in [6, 6.07) is 23.3. The summed E-state index contributed by atoms with van der Waals surface area (Å²) in [5.41, 5.74) is 2.94. The maximum atomic E-state index is 13.1. The Bertz CT molecular complexity index is 1890. The van der Waals surface area contributed by atoms with E-state index in [1.54, 1.807) is 25.3 Å². The third-order valence-corrected chi connectivity index (χ3v) is 8.70. The van der Waals surface area contributed by atoms with Crippen LogP contribution in [0, 0.1) is 0 Å². The first-order valence-electron chi connectivity index (χ1n) is 16.0. The van der Waals surface area contributed by atoms with Gasteiger partial charge in [0.1, 0.15) is 40.1 Å². The van der Waals surface area contributed by atoms with E-state index < -0.39 is 5.60 Å². The lowest BCUT2D eigenvalue weighted by Gasteiger charge is -2.34. The Hall–Kier alpha value is -4.77. The quantitative estimate of drug-likeness (QED) is 0.162. The first kappa shape index (κ1) is 33.1. The van der Waals surface area contributed by atoms with Gasteiger partial charge in [-0.15, -0.1) is 0 Å². The number of ether oxygens (including phenoxy) is 4. The number of likely N-dealkylation sites (tertiary alicyclic amines) is 1. The van der Waals surface area contributed by atoms with Crippen LogP contribution in [0.15, 0.2) is 83.5 Å². The Morgan fingerprint density at radius 2 is 1.71 bits per heavy atom. The summed E-state index contributed by atoms with van der Waals surface area (Å²) in [5.74, 6) is 3.59. The van der Waals surface area contributed by atoms with Crippen molar-refractivity contribution < 1.29 is 23.7 Å². The van der Waals surface area contributed by atoms with Crippen LogP contribution in [0.2, 0.25) is 0 Å². The molecule has 48 heavy (non-hydrogen) atoms. The highest BCUT2D eigenvalue weighted by atomic mass is 79.9. The highest BCUT2D eigenvalue weighted by molar-refractivity contribution is 9.10. The number of nitrogens with one attached hydrogen (secondary N) is 1. The molecule has 1 aliphatic rings. The van der Waals surface area contributed by atoms with Crippen molar-refractivity contribution in [3.05, 3.63) is 89.0 Å². The molecule has 3 heterocycles. The van der Waals surface area contributed by atoms with E-state index in [1.807, 2.05) is 98.2 Å². The fourth-order valence-electron chi connectivity index (χ4n) is 5.86. The Kier molecular flexibility index (Phi) is 9.77. The van der Waals surface area contributed by atoms with E-state index in [9.17, 15) is 4.79 Å². The van der Waals surface area contributed by atoms with Gasteiger partial charge in [-0.2, -0.15) is 5.10 Å². The topological polar surface area (TPSA) is 100.0 Å². The standard InChI is InChI=1S/C37H40BrN5O5/c1-37(2,3)48-36(44)42-19-9-10-26(23-42)43-34-30(38)22-40-35(39-21-25-15-18-29(45-4)20-31(25)46-5)32(34)33(41-43)24-13-16-28(17-14-24)47-27-11-7-6-8-12-27/h6-8,11-18,20,22,26H,9-10,19,21,23H2,1-5H3,(H,39,40). The van der Waals surface area contributed by atoms with Gasteiger partial charge in [-0.25, -0.2) is 9.78 Å². The minimum absolute atomic E-state index is 0.0727. The number of carbonyl (C=O) groups is 1. The number of fused-ring (bicyclic) bond motifs is 1. The van der Waals surface area contributed by atoms with Gasteiger partial charge in [-0.1, -0.05) is 18.2 Å². The number of rotatable bonds is 9. The van der Waals surface area contributed by atoms with Gasteiger partial charge >= 0.3 is 6.09 Å². The number of carbonyl (C=O) groups excluding carboxylic acids is 1. The van der Waals surface area contributed by atoms with Crippen molar-refractivity contribution in [2.24, 2.45) is 0 Å². The molecule has 6 rings (SSSR count). The van der Waals surface area contributed by atoms with E-state index in [0.717, 1.165) is 62.3 Å². The van der Waals surface area contributed by atoms with Gasteiger partial charge in [-0.05, 0) is 98.1 Å². The third-order valence-electron chi connectivity index (χ3n) is 8.12. The van der Waals surface area contributed by atoms with Crippen molar-refractivity contribution in [3.8, 4) is 34.3 Å². The number of pyridine rings is 1. The van der Waals surface area contributed by atoms with Gasteiger partial charge in [0.2, 0.25) is 0 Å². The molecule has 0 spiro atoms. The molecular formula is C37H40BrN5O5. The van der Waals surface area contributed by atoms with Crippen LogP contribution in [0.25, 0.3) is 22.2 Å². The fraction of sp³-hybridized carbons (Fsp3) is 0.324. The Balaban J connectivity index is 1.40. The molecule has 1 fully saturated rings. The van der Waals surface area contributed by atoms with E-state index in [2.05, 4.69) is 21.2 Å². The zero-order chi connectivity index (χ0) is 33.8. The smallest absolute Gasteiger partial charge is 0.410 e. The average Bonchev–Trinajstić information content (AvgIpc) is 3.50. The minimum atomic E-state index is -0.576. The van der Waals surface area contributed by atoms with Crippen LogP contribution >= 0.6 is 15.9 Å². The average molecular weight is 715 g/mol. The maximum Gasteiger partial charge on any atom is 0.410 e. The zero-order valence-electron chi connectivity index (χ0n) is 27.8. The SMILES string of the molecule is COc1ccc(CNc2ncc(Br)c3c2c(-c2ccc(Oc4ccccc4)cc2)nn3C2CCCN(C(=O)OC(C)(C)C)C2)c(OC)c1. The highest BCUT2D eigenvalue weighted by Gasteiger charge is 2.31. The van der Waals surface area contributed by atoms with Crippen LogP contribution in [0.1, 0.15) is 45.2 Å². The van der Waals surface area contributed by atoms with Crippen molar-refractivity contribution in [2.75, 3.05) is 32.6 Å². The van der Waals surface area contributed by atoms with Crippen LogP contribution < -0.4 is 19.5 Å². The van der Waals surface area contributed by atoms with Gasteiger partial charge in [0, 0.05) is 43.0 Å². The predicted octanol–water partition coefficient (Wildman–Crippen LogP) is 8.85. The number of nitrogens with zero attached hydrogens (tertiary/aromatic N) is 4. The van der Waals surface area contributed by atoms with Crippen LogP contribution in [0.3, 0.4) is 0 Å². The minimum Gasteiger partial charge on any atom is -0.497 e. The number of amides is 1. The lowest BCUT2D eigenvalue weighted by molar-refractivity contribution is 0.0169. The molecule has 5 aromatic rings. The maximum absolute atomic E-state index is 13.1. The number of halogens is 1. The van der Waals surface area contributed by atoms with Crippen molar-refractivity contribution in [1.82, 2.24) is 19.7 Å². The Morgan fingerprint density at radius 3 is 2.42 bits per heavy atom. The molecule has 0 aliphatic carbocycles. The summed E-state index contributed by atoms with van der Waals surface area (Å²) in [4.78, 5) is 19.7. The van der Waals surface area contributed by atoms with Crippen molar-refractivity contribution in [1.29, 1.82) is 0 Å². The van der Waals surface area contributed by atoms with E-state index >= 15 is 0 Å². The predicted molar refractivity (Wildman–Crippen MR) is 190 cm³/mol. The molecule has 250 valence electrons. The normalized spacial score (nSPS) is 14.9. The molecule has 11 heteroatoms. The van der Waals surface area contributed by atoms with E-state index in [1.165, 1.54) is 0 Å². The molecule has 0 saturated carbocycles. The first-order chi connectivity index (χ1) is 23.1. The molecule has 0 radical (unpaired) electrons. The number of aromatic nitrogens is 3. The summed E-state index contributed by atoms with van der Waals surface area (Å²) in [6.07, 6.45) is 3.18. The lowest BCUT2D eigenvalue weighted by Crippen LogP contribution is -2.43. The number of piperidine rings is 1. The van der Waals surface area contributed by atoms with Gasteiger partial charge in [-0.3, -0.25) is 4.68 Å². The van der Waals surface area contributed by atoms with E-state index in [4.69, 9.17) is 29.0 Å². The molecular weight excluding hydrogens is 674 g/mol. The van der Waals surface area contributed by atoms with Crippen molar-refractivity contribution in [3.63, 3.8) is 0 Å². The fourth-order valence-corrected chi connectivity index (χ4v) is 6.35. The number of benzene rings is 3. The largest absolute Gasteiger partial charge is 0.497 e. The highest BCUT2D eigenvalue weighted by Crippen LogP contribution is 2.40. The number of hydrogen-bond acceptors (Lipinski definition) is 8. The molecule has 2 aromatic heterocycles. The van der Waals surface area contributed by atoms with Crippen LogP contribution in [0.4, 0.5) is 10.6 Å². The molecule has 1 atom stereocenters. The molecule has 1 unspecified atom stereocenters. The zero-order valence-corrected chi connectivity index (χ0v) is 29.4. The first-order valence-corrected chi connectivity index (χ1v) is 16.8. The van der Waals surface area contributed by atoms with Crippen LogP contribution in [-0.2, 0) is 11.3 Å². The summed E-state index contributed by atoms with van der Waals surface area (Å²) in [5, 5.41) is 9.66. The van der Waals surface area contributed by atoms with Crippen molar-refractivity contribution >= 4 is 38.7 Å². The van der Waals surface area contributed by atoms with Gasteiger partial charge < -0.3 is 29.2 Å². The molecule has 1 saturated heterocycles. The van der Waals surface area contributed by atoms with Crippen LogP contribution in [-0.4, -0.2) is 58.7 Å². The lowest BCUT2D eigenvalue weighted by atomic mass is 10.1. The molecule has 1 N–H and O–H groups in total. The number of para-hydroxylation sites is 1. The molecule has 1 aliphatic heterocycles. The molecule has 3 aromatic carbocycles. The summed E-state index contributed by atoms with van der Waals surface area (Å²) in [6.45, 7) is 7.23. The summed E-state index contributed by atoms with van der Waals surface area (Å²) in [7, 11) is 3.28. The summed E-state index contributed by atoms with van der Waals surface area (Å²) >= 11 is 3.79. The number of anilines is 1. The monoisotopic (exact) mass is 713 g/mol. The Labute approximate surface area is 289 Å².